The number of aromatic hydroxyl groups is 1. The molecule has 29 heavy (non-hydrogen) atoms. The van der Waals surface area contributed by atoms with Crippen molar-refractivity contribution in [2.24, 2.45) is 4.99 Å². The lowest BCUT2D eigenvalue weighted by Crippen LogP contribution is -2.28. The molecule has 0 atom stereocenters. The van der Waals surface area contributed by atoms with Crippen molar-refractivity contribution < 1.29 is 14.3 Å². The van der Waals surface area contributed by atoms with E-state index in [0.717, 1.165) is 27.9 Å². The maximum Gasteiger partial charge on any atom is 0.296 e. The molecule has 2 heterocycles. The van der Waals surface area contributed by atoms with Crippen LogP contribution in [0.2, 0.25) is 0 Å². The van der Waals surface area contributed by atoms with Crippen molar-refractivity contribution in [1.82, 2.24) is 0 Å². The fourth-order valence-electron chi connectivity index (χ4n) is 3.48. The van der Waals surface area contributed by atoms with Crippen LogP contribution >= 0.6 is 0 Å². The number of hydrogen-bond donors (Lipinski definition) is 1. The highest BCUT2D eigenvalue weighted by Gasteiger charge is 2.33. The molecule has 0 unspecified atom stereocenters. The Bertz CT molecular complexity index is 1110. The van der Waals surface area contributed by atoms with E-state index in [2.05, 4.69) is 4.99 Å². The van der Waals surface area contributed by atoms with E-state index >= 15 is 0 Å². The first kappa shape index (κ1) is 18.7. The minimum absolute atomic E-state index is 0.131. The molecule has 0 radical (unpaired) electrons. The van der Waals surface area contributed by atoms with Crippen LogP contribution in [0.3, 0.4) is 0 Å². The fourth-order valence-corrected chi connectivity index (χ4v) is 3.48. The van der Waals surface area contributed by atoms with Gasteiger partial charge in [-0.3, -0.25) is 9.69 Å². The molecule has 3 aromatic rings. The zero-order chi connectivity index (χ0) is 20.5. The molecule has 0 bridgehead atoms. The molecule has 4 rings (SSSR count). The fraction of sp³-hybridized carbons (Fsp3) is 0.167. The monoisotopic (exact) mass is 386 g/mol. The molecule has 1 amide bonds. The van der Waals surface area contributed by atoms with Crippen LogP contribution in [0.25, 0.3) is 6.08 Å². The van der Waals surface area contributed by atoms with E-state index in [-0.39, 0.29) is 17.6 Å². The molecule has 0 saturated heterocycles. The smallest absolute Gasteiger partial charge is 0.296 e. The number of nitrogens with zero attached hydrogens (tertiary/aromatic N) is 2. The van der Waals surface area contributed by atoms with Crippen molar-refractivity contribution in [1.29, 1.82) is 0 Å². The van der Waals surface area contributed by atoms with E-state index in [1.165, 1.54) is 0 Å². The number of aliphatic imine (C=N–C) groups is 1. The third kappa shape index (κ3) is 3.47. The zero-order valence-electron chi connectivity index (χ0n) is 16.6. The van der Waals surface area contributed by atoms with Gasteiger partial charge in [0.1, 0.15) is 17.3 Å². The normalized spacial score (nSPS) is 15.4. The molecule has 5 heteroatoms. The maximum absolute atomic E-state index is 12.9. The third-order valence-electron chi connectivity index (χ3n) is 4.97. The van der Waals surface area contributed by atoms with Crippen LogP contribution in [0.4, 0.5) is 5.69 Å². The van der Waals surface area contributed by atoms with Gasteiger partial charge >= 0.3 is 0 Å². The minimum Gasteiger partial charge on any atom is -0.508 e. The first-order chi connectivity index (χ1) is 14.0. The Morgan fingerprint density at radius 3 is 2.55 bits per heavy atom. The molecule has 5 nitrogen and oxygen atoms in total. The van der Waals surface area contributed by atoms with E-state index < -0.39 is 0 Å². The summed E-state index contributed by atoms with van der Waals surface area (Å²) in [7, 11) is 0. The second-order valence-electron chi connectivity index (χ2n) is 7.38. The van der Waals surface area contributed by atoms with Gasteiger partial charge in [0.05, 0.1) is 18.2 Å². The number of phenolic OH excluding ortho intramolecular Hbond substituents is 1. The van der Waals surface area contributed by atoms with Gasteiger partial charge in [-0.2, -0.15) is 4.99 Å². The largest absolute Gasteiger partial charge is 0.508 e. The summed E-state index contributed by atoms with van der Waals surface area (Å²) in [6, 6.07) is 15.1. The second kappa shape index (κ2) is 7.43. The van der Waals surface area contributed by atoms with Crippen LogP contribution in [0.1, 0.15) is 42.0 Å². The van der Waals surface area contributed by atoms with Crippen LogP contribution in [0.5, 0.6) is 5.75 Å². The minimum atomic E-state index is -0.316. The third-order valence-corrected chi connectivity index (χ3v) is 4.97. The Kier molecular flexibility index (Phi) is 4.80. The molecule has 1 N–H and O–H groups in total. The molecule has 146 valence electrons. The number of benzene rings is 2. The van der Waals surface area contributed by atoms with E-state index in [1.54, 1.807) is 30.7 Å². The van der Waals surface area contributed by atoms with Gasteiger partial charge in [0, 0.05) is 11.1 Å². The van der Waals surface area contributed by atoms with Crippen LogP contribution < -0.4 is 4.90 Å². The standard InChI is InChI=1S/C24H22N2O3/c1-15(2)19-13-20(16(3)11-22(19)27)26-21(12-17-9-10-29-14-17)24(28)25-23(26)18-7-5-4-6-8-18/h4-15,27H,1-3H3. The van der Waals surface area contributed by atoms with Gasteiger partial charge < -0.3 is 9.52 Å². The number of amidine groups is 1. The van der Waals surface area contributed by atoms with Gasteiger partial charge in [0.15, 0.2) is 0 Å². The highest BCUT2D eigenvalue weighted by molar-refractivity contribution is 6.28. The highest BCUT2D eigenvalue weighted by Crippen LogP contribution is 2.37. The SMILES string of the molecule is Cc1cc(O)c(C(C)C)cc1N1C(=Cc2ccoc2)C(=O)N=C1c1ccccc1. The van der Waals surface area contributed by atoms with Gasteiger partial charge in [-0.15, -0.1) is 0 Å². The number of carbonyl (C=O) groups excluding carboxylic acids is 1. The molecule has 2 aromatic carbocycles. The molecule has 0 aliphatic carbocycles. The van der Waals surface area contributed by atoms with Crippen molar-refractivity contribution >= 4 is 23.5 Å². The Morgan fingerprint density at radius 2 is 1.90 bits per heavy atom. The summed E-state index contributed by atoms with van der Waals surface area (Å²) in [5, 5.41) is 10.4. The van der Waals surface area contributed by atoms with Crippen molar-refractivity contribution in [3.8, 4) is 5.75 Å². The molecule has 0 saturated carbocycles. The molecular formula is C24H22N2O3. The number of phenols is 1. The Hall–Kier alpha value is -3.60. The van der Waals surface area contributed by atoms with Gasteiger partial charge in [-0.05, 0) is 48.2 Å². The van der Waals surface area contributed by atoms with E-state index in [0.29, 0.717) is 11.5 Å². The lowest BCUT2D eigenvalue weighted by atomic mass is 9.98. The number of aryl methyl sites for hydroxylation is 1. The predicted octanol–water partition coefficient (Wildman–Crippen LogP) is 5.25. The lowest BCUT2D eigenvalue weighted by Gasteiger charge is -2.25. The summed E-state index contributed by atoms with van der Waals surface area (Å²) in [5.41, 5.74) is 4.55. The number of furan rings is 1. The number of anilines is 1. The summed E-state index contributed by atoms with van der Waals surface area (Å²) in [6.45, 7) is 5.97. The summed E-state index contributed by atoms with van der Waals surface area (Å²) < 4.78 is 5.16. The van der Waals surface area contributed by atoms with E-state index in [1.807, 2.05) is 62.1 Å². The number of amides is 1. The molecular weight excluding hydrogens is 364 g/mol. The maximum atomic E-state index is 12.9. The Morgan fingerprint density at radius 1 is 1.14 bits per heavy atom. The van der Waals surface area contributed by atoms with E-state index in [9.17, 15) is 9.90 Å². The Balaban J connectivity index is 1.93. The predicted molar refractivity (Wildman–Crippen MR) is 114 cm³/mol. The molecule has 0 spiro atoms. The summed E-state index contributed by atoms with van der Waals surface area (Å²) >= 11 is 0. The first-order valence-electron chi connectivity index (χ1n) is 9.51. The topological polar surface area (TPSA) is 66.0 Å². The van der Waals surface area contributed by atoms with Crippen LogP contribution in [-0.2, 0) is 4.79 Å². The van der Waals surface area contributed by atoms with Gasteiger partial charge in [-0.25, -0.2) is 0 Å². The van der Waals surface area contributed by atoms with Gasteiger partial charge in [0.2, 0.25) is 0 Å². The van der Waals surface area contributed by atoms with Crippen molar-refractivity contribution in [3.05, 3.63) is 89.0 Å². The summed E-state index contributed by atoms with van der Waals surface area (Å²) in [4.78, 5) is 19.1. The average molecular weight is 386 g/mol. The van der Waals surface area contributed by atoms with E-state index in [4.69, 9.17) is 4.42 Å². The lowest BCUT2D eigenvalue weighted by molar-refractivity contribution is -0.113. The van der Waals surface area contributed by atoms with Gasteiger partial charge in [-0.1, -0.05) is 44.2 Å². The number of hydrogen-bond acceptors (Lipinski definition) is 4. The first-order valence-corrected chi connectivity index (χ1v) is 9.51. The number of rotatable bonds is 4. The second-order valence-corrected chi connectivity index (χ2v) is 7.38. The van der Waals surface area contributed by atoms with Crippen molar-refractivity contribution in [2.75, 3.05) is 4.90 Å². The van der Waals surface area contributed by atoms with Gasteiger partial charge in [0.25, 0.3) is 5.91 Å². The number of carbonyl (C=O) groups is 1. The van der Waals surface area contributed by atoms with Crippen LogP contribution in [0, 0.1) is 6.92 Å². The van der Waals surface area contributed by atoms with Crippen LogP contribution in [-0.4, -0.2) is 16.8 Å². The Labute approximate surface area is 169 Å². The molecule has 1 aromatic heterocycles. The van der Waals surface area contributed by atoms with Crippen molar-refractivity contribution in [3.63, 3.8) is 0 Å². The molecule has 1 aliphatic heterocycles. The summed E-state index contributed by atoms with van der Waals surface area (Å²) in [5.74, 6) is 0.633. The zero-order valence-corrected chi connectivity index (χ0v) is 16.6. The molecule has 1 aliphatic rings. The summed E-state index contributed by atoms with van der Waals surface area (Å²) in [6.07, 6.45) is 4.92. The average Bonchev–Trinajstić information content (AvgIpc) is 3.31. The van der Waals surface area contributed by atoms with Crippen molar-refractivity contribution in [2.45, 2.75) is 26.7 Å². The quantitative estimate of drug-likeness (QED) is 0.622. The van der Waals surface area contributed by atoms with Crippen LogP contribution in [0.15, 0.2) is 76.2 Å². The highest BCUT2D eigenvalue weighted by atomic mass is 16.3. The molecule has 0 fully saturated rings.